The first-order valence-electron chi connectivity index (χ1n) is 15.9. The molecule has 0 aliphatic carbocycles. The molecule has 306 valence electrons. The maximum Gasteiger partial charge on any atom is 0.303 e. The maximum absolute atomic E-state index is 12.7. The van der Waals surface area contributed by atoms with Gasteiger partial charge in [0, 0.05) is 52.9 Å². The highest BCUT2D eigenvalue weighted by molar-refractivity contribution is 9.15. The summed E-state index contributed by atoms with van der Waals surface area (Å²) >= 11 is 17.2. The van der Waals surface area contributed by atoms with E-state index in [9.17, 15) is 33.6 Å². The molecule has 0 aromatic heterocycles. The van der Waals surface area contributed by atoms with E-state index in [2.05, 4.69) is 79.6 Å². The smallest absolute Gasteiger partial charge is 0.303 e. The zero-order valence-corrected chi connectivity index (χ0v) is 37.9. The van der Waals surface area contributed by atoms with Gasteiger partial charge in [-0.3, -0.25) is 33.6 Å². The Hall–Kier alpha value is -2.41. The lowest BCUT2D eigenvalue weighted by Crippen LogP contribution is -2.67. The summed E-state index contributed by atoms with van der Waals surface area (Å²) < 4.78 is 65.5. The summed E-state index contributed by atoms with van der Waals surface area (Å²) in [5.41, 5.74) is 0. The van der Waals surface area contributed by atoms with E-state index in [-0.39, 0.29) is 5.75 Å². The lowest BCUT2D eigenvalue weighted by atomic mass is 9.96. The summed E-state index contributed by atoms with van der Waals surface area (Å²) in [6, 6.07) is 0. The molecule has 10 atom stereocenters. The van der Waals surface area contributed by atoms with Crippen molar-refractivity contribution in [3.05, 3.63) is 22.4 Å². The van der Waals surface area contributed by atoms with Crippen molar-refractivity contribution in [1.82, 2.24) is 0 Å². The number of ether oxygens (including phenoxy) is 11. The van der Waals surface area contributed by atoms with Gasteiger partial charge in [0.1, 0.15) is 31.5 Å². The topological polar surface area (TPSA) is 221 Å². The lowest BCUT2D eigenvalue weighted by molar-refractivity contribution is -0.354. The predicted molar refractivity (Wildman–Crippen MR) is 199 cm³/mol. The van der Waals surface area contributed by atoms with Gasteiger partial charge in [-0.1, -0.05) is 0 Å². The first kappa shape index (κ1) is 47.0. The maximum atomic E-state index is 12.7. The molecule has 0 bridgehead atoms. The third kappa shape index (κ3) is 12.8. The van der Waals surface area contributed by atoms with Crippen LogP contribution in [0.4, 0.5) is 0 Å². The molecule has 2 heterocycles. The van der Waals surface area contributed by atoms with E-state index in [1.165, 1.54) is 0 Å². The van der Waals surface area contributed by atoms with Gasteiger partial charge in [-0.05, 0) is 79.6 Å². The third-order valence-corrected chi connectivity index (χ3v) is 13.3. The van der Waals surface area contributed by atoms with Crippen molar-refractivity contribution in [3.63, 3.8) is 0 Å². The Morgan fingerprint density at radius 3 is 1.18 bits per heavy atom. The summed E-state index contributed by atoms with van der Waals surface area (Å²) in [6.45, 7) is 6.27. The van der Waals surface area contributed by atoms with Gasteiger partial charge in [-0.2, -0.15) is 0 Å². The van der Waals surface area contributed by atoms with E-state index in [1.54, 1.807) is 0 Å². The SMILES string of the molecule is CC(=O)OC[C@H]1O[C@@H](O[C@H]2[C@H](OC(C)=O)[C@@H](OC(C)=O)[C@H](Oc3c(Br)c(Br)c(Br)c(Br)c3Br)O[C@@H]2COC(C)=O)[C@H](OC(C)=O)[C@@H](OC(C)=O)[C@H]1OC(C)=O. The molecule has 0 radical (unpaired) electrons. The van der Waals surface area contributed by atoms with E-state index in [0.717, 1.165) is 48.5 Å². The number of carbonyl (C=O) groups excluding carboxylic acids is 7. The van der Waals surface area contributed by atoms with Crippen LogP contribution in [-0.2, 0) is 80.9 Å². The van der Waals surface area contributed by atoms with Crippen molar-refractivity contribution in [2.75, 3.05) is 13.2 Å². The molecule has 3 rings (SSSR count). The summed E-state index contributed by atoms with van der Waals surface area (Å²) in [7, 11) is 0. The Morgan fingerprint density at radius 1 is 0.436 bits per heavy atom. The Labute approximate surface area is 356 Å². The van der Waals surface area contributed by atoms with Gasteiger partial charge in [-0.25, -0.2) is 0 Å². The molecule has 18 nitrogen and oxygen atoms in total. The monoisotopic (exact) mass is 1100 g/mol. The average Bonchev–Trinajstić information content (AvgIpc) is 3.06. The Morgan fingerprint density at radius 2 is 0.764 bits per heavy atom. The van der Waals surface area contributed by atoms with Crippen LogP contribution in [-0.4, -0.2) is 116 Å². The molecule has 0 unspecified atom stereocenters. The Bertz CT molecular complexity index is 1630. The van der Waals surface area contributed by atoms with Gasteiger partial charge in [0.2, 0.25) is 12.4 Å². The summed E-state index contributed by atoms with van der Waals surface area (Å²) in [4.78, 5) is 86.3. The summed E-state index contributed by atoms with van der Waals surface area (Å²) in [5.74, 6) is -5.89. The van der Waals surface area contributed by atoms with Crippen molar-refractivity contribution in [2.45, 2.75) is 110 Å². The van der Waals surface area contributed by atoms with Gasteiger partial charge >= 0.3 is 41.8 Å². The van der Waals surface area contributed by atoms with Gasteiger partial charge in [0.25, 0.3) is 0 Å². The van der Waals surface area contributed by atoms with Crippen molar-refractivity contribution in [1.29, 1.82) is 0 Å². The minimum Gasteiger partial charge on any atom is -0.463 e. The molecule has 0 N–H and O–H groups in total. The molecule has 2 aliphatic heterocycles. The van der Waals surface area contributed by atoms with E-state index < -0.39 is 116 Å². The largest absolute Gasteiger partial charge is 0.463 e. The fraction of sp³-hybridized carbons (Fsp3) is 0.594. The fourth-order valence-corrected chi connectivity index (χ4v) is 8.57. The molecule has 0 saturated carbocycles. The average molecular weight is 1110 g/mol. The Kier molecular flexibility index (Phi) is 17.8. The van der Waals surface area contributed by atoms with Crippen LogP contribution in [0.1, 0.15) is 48.5 Å². The zero-order valence-electron chi connectivity index (χ0n) is 29.9. The van der Waals surface area contributed by atoms with E-state index >= 15 is 0 Å². The number of rotatable bonds is 13. The molecule has 1 aromatic rings. The third-order valence-electron chi connectivity index (χ3n) is 7.29. The second kappa shape index (κ2) is 20.8. The summed E-state index contributed by atoms with van der Waals surface area (Å²) in [5, 5.41) is 0. The molecular weight excluding hydrogens is 1070 g/mol. The van der Waals surface area contributed by atoms with Gasteiger partial charge < -0.3 is 52.1 Å². The van der Waals surface area contributed by atoms with Crippen molar-refractivity contribution < 1.29 is 85.7 Å². The van der Waals surface area contributed by atoms with Crippen molar-refractivity contribution >= 4 is 121 Å². The zero-order chi connectivity index (χ0) is 41.5. The predicted octanol–water partition coefficient (Wildman–Crippen LogP) is 4.50. The molecule has 55 heavy (non-hydrogen) atoms. The number of hydrogen-bond donors (Lipinski definition) is 0. The molecule has 2 aliphatic rings. The van der Waals surface area contributed by atoms with E-state index in [4.69, 9.17) is 52.1 Å². The molecule has 2 saturated heterocycles. The summed E-state index contributed by atoms with van der Waals surface area (Å²) in [6.07, 6.45) is -16.1. The van der Waals surface area contributed by atoms with Crippen molar-refractivity contribution in [3.8, 4) is 5.75 Å². The number of esters is 7. The lowest BCUT2D eigenvalue weighted by Gasteiger charge is -2.48. The molecule has 2 fully saturated rings. The van der Waals surface area contributed by atoms with Crippen LogP contribution >= 0.6 is 79.6 Å². The molecule has 23 heteroatoms. The quantitative estimate of drug-likeness (QED) is 0.115. The Balaban J connectivity index is 2.24. The van der Waals surface area contributed by atoms with Crippen molar-refractivity contribution in [2.24, 2.45) is 0 Å². The van der Waals surface area contributed by atoms with Crippen LogP contribution in [0, 0.1) is 0 Å². The highest BCUT2D eigenvalue weighted by Gasteiger charge is 2.58. The van der Waals surface area contributed by atoms with E-state index in [1.807, 2.05) is 0 Å². The second-order valence-electron chi connectivity index (χ2n) is 11.7. The molecular formula is C32H35Br5O18. The highest BCUT2D eigenvalue weighted by Crippen LogP contribution is 2.49. The van der Waals surface area contributed by atoms with Crippen LogP contribution in [0.3, 0.4) is 0 Å². The number of halogens is 5. The molecule has 0 amide bonds. The first-order valence-corrected chi connectivity index (χ1v) is 19.9. The van der Waals surface area contributed by atoms with Crippen LogP contribution in [0.2, 0.25) is 0 Å². The minimum absolute atomic E-state index is 0.107. The van der Waals surface area contributed by atoms with Crippen LogP contribution in [0.5, 0.6) is 5.75 Å². The normalized spacial score (nSPS) is 27.5. The van der Waals surface area contributed by atoms with Crippen LogP contribution in [0.15, 0.2) is 22.4 Å². The minimum atomic E-state index is -1.83. The van der Waals surface area contributed by atoms with E-state index in [0.29, 0.717) is 22.4 Å². The van der Waals surface area contributed by atoms with Gasteiger partial charge in [0.05, 0.1) is 17.9 Å². The standard InChI is InChI=1S/C32H35Br5O18/c1-10(38)45-8-17-24(47-12(3)40)27(48-13(4)41)29(50-15(6)43)31(52-17)54-25-18(9-46-11(2)39)53-32(30(51-16(7)44)28(25)49-14(5)42)55-26-22(36)20(34)19(33)21(35)23(26)37/h17-18,24-25,27-32H,8-9H2,1-7H3/t17-,18-,24+,25-,27+,28+,29-,30-,31+,32+/m1/s1. The molecule has 1 aromatic carbocycles. The molecule has 0 spiro atoms. The number of benzene rings is 1. The first-order chi connectivity index (χ1) is 25.6. The number of carbonyl (C=O) groups is 7. The highest BCUT2D eigenvalue weighted by atomic mass is 79.9. The fourth-order valence-electron chi connectivity index (χ4n) is 5.37. The second-order valence-corrected chi connectivity index (χ2v) is 15.6. The van der Waals surface area contributed by atoms with Crippen LogP contribution < -0.4 is 4.74 Å². The van der Waals surface area contributed by atoms with Crippen LogP contribution in [0.25, 0.3) is 0 Å². The number of hydrogen-bond acceptors (Lipinski definition) is 18. The van der Waals surface area contributed by atoms with Gasteiger partial charge in [0.15, 0.2) is 36.5 Å². The van der Waals surface area contributed by atoms with Gasteiger partial charge in [-0.15, -0.1) is 0 Å².